The van der Waals surface area contributed by atoms with Crippen molar-refractivity contribution < 1.29 is 18.7 Å². The number of furan rings is 1. The van der Waals surface area contributed by atoms with Crippen molar-refractivity contribution in [1.82, 2.24) is 9.78 Å². The minimum absolute atomic E-state index is 0.122. The molecule has 0 aliphatic rings. The van der Waals surface area contributed by atoms with Crippen LogP contribution in [0, 0.1) is 25.2 Å². The number of hydrogen-bond donors (Lipinski definition) is 0. The quantitative estimate of drug-likeness (QED) is 0.358. The van der Waals surface area contributed by atoms with E-state index in [0.717, 1.165) is 0 Å². The van der Waals surface area contributed by atoms with Gasteiger partial charge in [0.1, 0.15) is 23.2 Å². The van der Waals surface area contributed by atoms with Crippen LogP contribution >= 0.6 is 11.6 Å². The molecule has 0 amide bonds. The summed E-state index contributed by atoms with van der Waals surface area (Å²) in [5.74, 6) is -0.365. The van der Waals surface area contributed by atoms with Crippen molar-refractivity contribution in [3.8, 4) is 17.4 Å². The van der Waals surface area contributed by atoms with Gasteiger partial charge < -0.3 is 9.15 Å². The van der Waals surface area contributed by atoms with Gasteiger partial charge in [-0.1, -0.05) is 11.6 Å². The normalized spacial score (nSPS) is 11.2. The highest BCUT2D eigenvalue weighted by atomic mass is 35.5. The number of esters is 1. The smallest absolute Gasteiger partial charge is 0.339 e. The Kier molecular flexibility index (Phi) is 5.66. The molecule has 7 nitrogen and oxygen atoms in total. The van der Waals surface area contributed by atoms with Crippen LogP contribution in [0.2, 0.25) is 5.02 Å². The molecule has 29 heavy (non-hydrogen) atoms. The fourth-order valence-corrected chi connectivity index (χ4v) is 2.96. The first-order valence-electron chi connectivity index (χ1n) is 8.52. The number of halogens is 1. The topological polar surface area (TPSA) is 98.1 Å². The van der Waals surface area contributed by atoms with E-state index in [-0.39, 0.29) is 16.2 Å². The zero-order chi connectivity index (χ0) is 21.1. The minimum atomic E-state index is -0.564. The van der Waals surface area contributed by atoms with Crippen molar-refractivity contribution in [2.45, 2.75) is 13.8 Å². The van der Waals surface area contributed by atoms with Gasteiger partial charge in [0.15, 0.2) is 0 Å². The molecule has 0 saturated heterocycles. The summed E-state index contributed by atoms with van der Waals surface area (Å²) in [5.41, 5.74) is 1.99. The lowest BCUT2D eigenvalue weighted by Gasteiger charge is -2.04. The van der Waals surface area contributed by atoms with Crippen molar-refractivity contribution in [2.24, 2.45) is 0 Å². The number of ether oxygens (including phenoxy) is 1. The standard InChI is InChI=1S/C21H16ClN3O4/c1-12-8-13(2)25(24-12)20(26)15(11-23)9-16-5-7-19(29-16)14-4-6-18(22)17(10-14)21(27)28-3/h4-10H,1-3H3/b15-9+. The summed E-state index contributed by atoms with van der Waals surface area (Å²) in [4.78, 5) is 24.4. The van der Waals surface area contributed by atoms with Crippen molar-refractivity contribution >= 4 is 29.6 Å². The van der Waals surface area contributed by atoms with Gasteiger partial charge in [-0.3, -0.25) is 4.79 Å². The van der Waals surface area contributed by atoms with E-state index in [1.807, 2.05) is 6.07 Å². The van der Waals surface area contributed by atoms with Gasteiger partial charge in [0.25, 0.3) is 5.91 Å². The fraction of sp³-hybridized carbons (Fsp3) is 0.143. The lowest BCUT2D eigenvalue weighted by molar-refractivity contribution is 0.0601. The van der Waals surface area contributed by atoms with Crippen molar-refractivity contribution in [3.63, 3.8) is 0 Å². The van der Waals surface area contributed by atoms with Crippen LogP contribution < -0.4 is 0 Å². The second kappa shape index (κ2) is 8.17. The highest BCUT2D eigenvalue weighted by Gasteiger charge is 2.17. The molecule has 0 N–H and O–H groups in total. The molecular formula is C21H16ClN3O4. The number of allylic oxidation sites excluding steroid dienone is 1. The van der Waals surface area contributed by atoms with E-state index < -0.39 is 11.9 Å². The molecule has 2 aromatic heterocycles. The summed E-state index contributed by atoms with van der Waals surface area (Å²) in [5, 5.41) is 13.8. The van der Waals surface area contributed by atoms with Crippen molar-refractivity contribution in [2.75, 3.05) is 7.11 Å². The molecule has 0 bridgehead atoms. The molecule has 0 aliphatic heterocycles. The second-order valence-electron chi connectivity index (χ2n) is 6.20. The molecule has 0 spiro atoms. The van der Waals surface area contributed by atoms with Crippen molar-refractivity contribution in [1.29, 1.82) is 5.26 Å². The zero-order valence-electron chi connectivity index (χ0n) is 15.9. The number of hydrogen-bond acceptors (Lipinski definition) is 6. The molecule has 146 valence electrons. The van der Waals surface area contributed by atoms with E-state index in [2.05, 4.69) is 5.10 Å². The van der Waals surface area contributed by atoms with E-state index in [0.29, 0.717) is 28.5 Å². The Labute approximate surface area is 171 Å². The zero-order valence-corrected chi connectivity index (χ0v) is 16.6. The first kappa shape index (κ1) is 20.1. The number of benzene rings is 1. The summed E-state index contributed by atoms with van der Waals surface area (Å²) in [6, 6.07) is 11.7. The maximum atomic E-state index is 12.6. The van der Waals surface area contributed by atoms with E-state index in [4.69, 9.17) is 20.8 Å². The predicted octanol–water partition coefficient (Wildman–Crippen LogP) is 4.45. The Balaban J connectivity index is 1.93. The van der Waals surface area contributed by atoms with Gasteiger partial charge >= 0.3 is 5.97 Å². The van der Waals surface area contributed by atoms with Crippen LogP contribution in [-0.4, -0.2) is 28.8 Å². The molecule has 3 aromatic rings. The Morgan fingerprint density at radius 3 is 2.62 bits per heavy atom. The van der Waals surface area contributed by atoms with Crippen LogP contribution in [0.4, 0.5) is 0 Å². The molecule has 3 rings (SSSR count). The Morgan fingerprint density at radius 1 is 1.24 bits per heavy atom. The molecule has 0 fully saturated rings. The molecular weight excluding hydrogens is 394 g/mol. The van der Waals surface area contributed by atoms with Gasteiger partial charge in [-0.25, -0.2) is 9.48 Å². The third-order valence-corrected chi connectivity index (χ3v) is 4.45. The number of nitriles is 1. The first-order valence-corrected chi connectivity index (χ1v) is 8.89. The molecule has 8 heteroatoms. The number of rotatable bonds is 4. The highest BCUT2D eigenvalue weighted by Crippen LogP contribution is 2.28. The largest absolute Gasteiger partial charge is 0.465 e. The average molecular weight is 410 g/mol. The molecule has 0 saturated carbocycles. The summed E-state index contributed by atoms with van der Waals surface area (Å²) < 4.78 is 11.6. The summed E-state index contributed by atoms with van der Waals surface area (Å²) in [6.45, 7) is 3.50. The first-order chi connectivity index (χ1) is 13.8. The molecule has 2 heterocycles. The van der Waals surface area contributed by atoms with Crippen molar-refractivity contribution in [3.05, 3.63) is 69.7 Å². The number of methoxy groups -OCH3 is 1. The van der Waals surface area contributed by atoms with Crippen LogP contribution in [0.25, 0.3) is 17.4 Å². The predicted molar refractivity (Wildman–Crippen MR) is 106 cm³/mol. The third-order valence-electron chi connectivity index (χ3n) is 4.12. The second-order valence-corrected chi connectivity index (χ2v) is 6.61. The van der Waals surface area contributed by atoms with Gasteiger partial charge in [0, 0.05) is 17.3 Å². The SMILES string of the molecule is COC(=O)c1cc(-c2ccc(/C=C(\C#N)C(=O)n3nc(C)cc3C)o2)ccc1Cl. The molecule has 0 atom stereocenters. The fourth-order valence-electron chi connectivity index (χ4n) is 2.76. The average Bonchev–Trinajstić information content (AvgIpc) is 3.31. The lowest BCUT2D eigenvalue weighted by Crippen LogP contribution is -2.15. The van der Waals surface area contributed by atoms with E-state index in [1.165, 1.54) is 17.9 Å². The summed E-state index contributed by atoms with van der Waals surface area (Å²) in [6.07, 6.45) is 1.35. The molecule has 0 aliphatic carbocycles. The Hall–Kier alpha value is -3.63. The third kappa shape index (κ3) is 4.13. The Bertz CT molecular complexity index is 1180. The lowest BCUT2D eigenvalue weighted by atomic mass is 10.1. The number of aryl methyl sites for hydroxylation is 2. The van der Waals surface area contributed by atoms with Crippen LogP contribution in [0.15, 0.2) is 46.4 Å². The van der Waals surface area contributed by atoms with E-state index in [1.54, 1.807) is 50.2 Å². The Morgan fingerprint density at radius 2 is 2.00 bits per heavy atom. The molecule has 1 aromatic carbocycles. The van der Waals surface area contributed by atoms with E-state index in [9.17, 15) is 14.9 Å². The number of carbonyl (C=O) groups excluding carboxylic acids is 2. The molecule has 0 radical (unpaired) electrons. The van der Waals surface area contributed by atoms with Gasteiger partial charge in [0.2, 0.25) is 0 Å². The van der Waals surface area contributed by atoms with E-state index >= 15 is 0 Å². The summed E-state index contributed by atoms with van der Waals surface area (Å²) >= 11 is 6.03. The van der Waals surface area contributed by atoms with Gasteiger partial charge in [-0.15, -0.1) is 0 Å². The monoisotopic (exact) mass is 409 g/mol. The van der Waals surface area contributed by atoms with Crippen LogP contribution in [0.5, 0.6) is 0 Å². The van der Waals surface area contributed by atoms with Gasteiger partial charge in [-0.2, -0.15) is 10.4 Å². The molecule has 0 unspecified atom stereocenters. The van der Waals surface area contributed by atoms with Crippen LogP contribution in [0.3, 0.4) is 0 Å². The minimum Gasteiger partial charge on any atom is -0.465 e. The summed E-state index contributed by atoms with van der Waals surface area (Å²) in [7, 11) is 1.27. The number of aromatic nitrogens is 2. The number of nitrogens with zero attached hydrogens (tertiary/aromatic N) is 3. The maximum absolute atomic E-state index is 12.6. The maximum Gasteiger partial charge on any atom is 0.339 e. The van der Waals surface area contributed by atoms with Crippen LogP contribution in [-0.2, 0) is 4.74 Å². The number of carbonyl (C=O) groups is 2. The van der Waals surface area contributed by atoms with Gasteiger partial charge in [0.05, 0.1) is 23.4 Å². The van der Waals surface area contributed by atoms with Gasteiger partial charge in [-0.05, 0) is 50.2 Å². The highest BCUT2D eigenvalue weighted by molar-refractivity contribution is 6.33. The van der Waals surface area contributed by atoms with Crippen LogP contribution in [0.1, 0.15) is 32.3 Å².